The maximum atomic E-state index is 13.4. The fourth-order valence-electron chi connectivity index (χ4n) is 4.16. The number of hydrogen-bond acceptors (Lipinski definition) is 3. The molecule has 0 fully saturated rings. The quantitative estimate of drug-likeness (QED) is 0.464. The molecule has 1 amide bonds. The molecule has 0 saturated heterocycles. The van der Waals surface area contributed by atoms with E-state index in [-0.39, 0.29) is 5.91 Å². The lowest BCUT2D eigenvalue weighted by Gasteiger charge is -2.36. The lowest BCUT2D eigenvalue weighted by Crippen LogP contribution is -2.40. The van der Waals surface area contributed by atoms with Crippen LogP contribution in [0.2, 0.25) is 0 Å². The minimum absolute atomic E-state index is 0.289. The third-order valence-electron chi connectivity index (χ3n) is 5.48. The second-order valence-corrected chi connectivity index (χ2v) is 7.93. The summed E-state index contributed by atoms with van der Waals surface area (Å²) >= 11 is 1.31. The molecule has 30 heavy (non-hydrogen) atoms. The van der Waals surface area contributed by atoms with Crippen molar-refractivity contribution in [3.05, 3.63) is 87.5 Å². The Balaban J connectivity index is 1.69. The molecule has 4 aromatic rings. The summed E-state index contributed by atoms with van der Waals surface area (Å²) < 4.78 is 40.1. The Morgan fingerprint density at radius 2 is 2.00 bits per heavy atom. The molecule has 1 unspecified atom stereocenters. The highest BCUT2D eigenvalue weighted by Gasteiger charge is 2.37. The van der Waals surface area contributed by atoms with Crippen LogP contribution in [-0.4, -0.2) is 27.3 Å². The first-order chi connectivity index (χ1) is 14.4. The Bertz CT molecular complexity index is 1230. The van der Waals surface area contributed by atoms with Gasteiger partial charge in [-0.05, 0) is 35.7 Å². The second-order valence-electron chi connectivity index (χ2n) is 7.21. The standard InChI is InChI=1S/C22H16F3N3OS/c23-22(24,25)14-5-3-4-13(10-14)20-19-16(15-6-1-2-7-17(15)27-19)8-9-28(20)21(29)18-11-30-12-26-18/h1-7,10-12,20,27H,8-9H2. The zero-order valence-electron chi connectivity index (χ0n) is 15.6. The number of benzene rings is 2. The number of fused-ring (bicyclic) bond motifs is 3. The van der Waals surface area contributed by atoms with Crippen LogP contribution in [0.25, 0.3) is 10.9 Å². The molecule has 3 heterocycles. The molecule has 0 bridgehead atoms. The lowest BCUT2D eigenvalue weighted by molar-refractivity contribution is -0.137. The predicted molar refractivity (Wildman–Crippen MR) is 108 cm³/mol. The molecule has 1 atom stereocenters. The summed E-state index contributed by atoms with van der Waals surface area (Å²) in [5.41, 5.74) is 4.26. The Labute approximate surface area is 174 Å². The van der Waals surface area contributed by atoms with Crippen molar-refractivity contribution in [1.29, 1.82) is 0 Å². The van der Waals surface area contributed by atoms with Crippen molar-refractivity contribution >= 4 is 28.1 Å². The molecule has 0 radical (unpaired) electrons. The van der Waals surface area contributed by atoms with Crippen molar-refractivity contribution in [2.24, 2.45) is 0 Å². The molecule has 1 aliphatic heterocycles. The lowest BCUT2D eigenvalue weighted by atomic mass is 9.91. The SMILES string of the molecule is O=C(c1cscn1)N1CCc2c([nH]c3ccccc23)C1c1cccc(C(F)(F)F)c1. The van der Waals surface area contributed by atoms with Gasteiger partial charge in [0, 0.05) is 28.5 Å². The minimum atomic E-state index is -4.46. The van der Waals surface area contributed by atoms with E-state index >= 15 is 0 Å². The van der Waals surface area contributed by atoms with Crippen LogP contribution in [0.5, 0.6) is 0 Å². The number of nitrogens with one attached hydrogen (secondary N) is 1. The molecule has 8 heteroatoms. The summed E-state index contributed by atoms with van der Waals surface area (Å²) in [6, 6.07) is 12.3. The summed E-state index contributed by atoms with van der Waals surface area (Å²) in [4.78, 5) is 22.3. The Kier molecular flexibility index (Phi) is 4.39. The fraction of sp³-hybridized carbons (Fsp3) is 0.182. The van der Waals surface area contributed by atoms with Gasteiger partial charge in [0.25, 0.3) is 5.91 Å². The highest BCUT2D eigenvalue weighted by Crippen LogP contribution is 2.40. The van der Waals surface area contributed by atoms with E-state index < -0.39 is 17.8 Å². The smallest absolute Gasteiger partial charge is 0.356 e. The van der Waals surface area contributed by atoms with Gasteiger partial charge in [-0.15, -0.1) is 11.3 Å². The van der Waals surface area contributed by atoms with E-state index in [1.54, 1.807) is 21.9 Å². The van der Waals surface area contributed by atoms with Crippen LogP contribution in [0.1, 0.15) is 38.9 Å². The Hall–Kier alpha value is -3.13. The van der Waals surface area contributed by atoms with Crippen LogP contribution in [-0.2, 0) is 12.6 Å². The van der Waals surface area contributed by atoms with Crippen molar-refractivity contribution < 1.29 is 18.0 Å². The zero-order chi connectivity index (χ0) is 20.9. The topological polar surface area (TPSA) is 49.0 Å². The number of thiazole rings is 1. The summed E-state index contributed by atoms with van der Waals surface area (Å²) in [6.07, 6.45) is -3.84. The van der Waals surface area contributed by atoms with Gasteiger partial charge in [-0.1, -0.05) is 30.3 Å². The van der Waals surface area contributed by atoms with Gasteiger partial charge in [0.1, 0.15) is 5.69 Å². The number of nitrogens with zero attached hydrogens (tertiary/aromatic N) is 2. The molecule has 1 N–H and O–H groups in total. The number of rotatable bonds is 2. The number of aromatic nitrogens is 2. The van der Waals surface area contributed by atoms with Crippen LogP contribution < -0.4 is 0 Å². The first-order valence-corrected chi connectivity index (χ1v) is 10.3. The number of halogens is 3. The molecule has 0 saturated carbocycles. The van der Waals surface area contributed by atoms with Crippen LogP contribution in [0, 0.1) is 0 Å². The highest BCUT2D eigenvalue weighted by molar-refractivity contribution is 7.07. The predicted octanol–water partition coefficient (Wildman–Crippen LogP) is 5.43. The summed E-state index contributed by atoms with van der Waals surface area (Å²) in [5, 5.41) is 2.69. The summed E-state index contributed by atoms with van der Waals surface area (Å²) in [5.74, 6) is -0.289. The van der Waals surface area contributed by atoms with Gasteiger partial charge >= 0.3 is 6.18 Å². The van der Waals surface area contributed by atoms with Gasteiger partial charge in [0.15, 0.2) is 0 Å². The minimum Gasteiger partial charge on any atom is -0.356 e. The van der Waals surface area contributed by atoms with E-state index in [2.05, 4.69) is 9.97 Å². The van der Waals surface area contributed by atoms with Crippen LogP contribution in [0.4, 0.5) is 13.2 Å². The van der Waals surface area contributed by atoms with Gasteiger partial charge in [0.2, 0.25) is 0 Å². The molecule has 2 aromatic carbocycles. The molecule has 1 aliphatic rings. The maximum Gasteiger partial charge on any atom is 0.416 e. The van der Waals surface area contributed by atoms with Gasteiger partial charge < -0.3 is 9.88 Å². The van der Waals surface area contributed by atoms with Crippen molar-refractivity contribution in [2.45, 2.75) is 18.6 Å². The van der Waals surface area contributed by atoms with Crippen LogP contribution >= 0.6 is 11.3 Å². The van der Waals surface area contributed by atoms with E-state index in [0.717, 1.165) is 34.3 Å². The number of para-hydroxylation sites is 1. The Morgan fingerprint density at radius 1 is 1.17 bits per heavy atom. The monoisotopic (exact) mass is 427 g/mol. The summed E-state index contributed by atoms with van der Waals surface area (Å²) in [7, 11) is 0. The highest BCUT2D eigenvalue weighted by atomic mass is 32.1. The molecule has 2 aromatic heterocycles. The average molecular weight is 427 g/mol. The molecule has 5 rings (SSSR count). The van der Waals surface area contributed by atoms with Crippen LogP contribution in [0.15, 0.2) is 59.4 Å². The van der Waals surface area contributed by atoms with E-state index in [1.165, 1.54) is 17.4 Å². The van der Waals surface area contributed by atoms with Crippen molar-refractivity contribution in [1.82, 2.24) is 14.9 Å². The van der Waals surface area contributed by atoms with Crippen molar-refractivity contribution in [3.63, 3.8) is 0 Å². The van der Waals surface area contributed by atoms with E-state index in [4.69, 9.17) is 0 Å². The molecular weight excluding hydrogens is 411 g/mol. The van der Waals surface area contributed by atoms with Crippen molar-refractivity contribution in [3.8, 4) is 0 Å². The Morgan fingerprint density at radius 3 is 2.77 bits per heavy atom. The third kappa shape index (κ3) is 3.08. The van der Waals surface area contributed by atoms with E-state index in [0.29, 0.717) is 24.2 Å². The summed E-state index contributed by atoms with van der Waals surface area (Å²) in [6.45, 7) is 0.395. The first-order valence-electron chi connectivity index (χ1n) is 9.39. The van der Waals surface area contributed by atoms with Gasteiger partial charge in [-0.3, -0.25) is 4.79 Å². The number of aromatic amines is 1. The van der Waals surface area contributed by atoms with Gasteiger partial charge in [0.05, 0.1) is 17.1 Å². The number of amides is 1. The maximum absolute atomic E-state index is 13.4. The molecule has 0 spiro atoms. The third-order valence-corrected chi connectivity index (χ3v) is 6.06. The van der Waals surface area contributed by atoms with Gasteiger partial charge in [-0.25, -0.2) is 4.98 Å². The number of H-pyrrole nitrogens is 1. The van der Waals surface area contributed by atoms with Crippen LogP contribution in [0.3, 0.4) is 0 Å². The van der Waals surface area contributed by atoms with Gasteiger partial charge in [-0.2, -0.15) is 13.2 Å². The normalized spacial score (nSPS) is 16.6. The zero-order valence-corrected chi connectivity index (χ0v) is 16.4. The fourth-order valence-corrected chi connectivity index (χ4v) is 4.68. The number of hydrogen-bond donors (Lipinski definition) is 1. The first kappa shape index (κ1) is 18.9. The number of alkyl halides is 3. The van der Waals surface area contributed by atoms with E-state index in [1.807, 2.05) is 24.3 Å². The largest absolute Gasteiger partial charge is 0.416 e. The molecule has 0 aliphatic carbocycles. The molecule has 4 nitrogen and oxygen atoms in total. The van der Waals surface area contributed by atoms with Crippen molar-refractivity contribution in [2.75, 3.05) is 6.54 Å². The number of carbonyl (C=O) groups excluding carboxylic acids is 1. The van der Waals surface area contributed by atoms with E-state index in [9.17, 15) is 18.0 Å². The second kappa shape index (κ2) is 6.98. The molecular formula is C22H16F3N3OS. The molecule has 152 valence electrons. The number of carbonyl (C=O) groups is 1. The average Bonchev–Trinajstić information content (AvgIpc) is 3.40.